The van der Waals surface area contributed by atoms with Crippen LogP contribution in [0.1, 0.15) is 32.7 Å². The Morgan fingerprint density at radius 2 is 1.88 bits per heavy atom. The van der Waals surface area contributed by atoms with Gasteiger partial charge in [0.2, 0.25) is 0 Å². The number of thiazole rings is 1. The average molecular weight is 352 g/mol. The molecule has 0 saturated heterocycles. The number of nitrogens with one attached hydrogen (secondary N) is 1. The summed E-state index contributed by atoms with van der Waals surface area (Å²) in [5.74, 6) is -0.317. The van der Waals surface area contributed by atoms with E-state index in [0.717, 1.165) is 27.6 Å². The number of carbonyl (C=O) groups is 1. The molecule has 0 spiro atoms. The van der Waals surface area contributed by atoms with Gasteiger partial charge in [0.25, 0.3) is 0 Å². The van der Waals surface area contributed by atoms with Crippen molar-refractivity contribution in [2.45, 2.75) is 27.4 Å². The Labute approximate surface area is 151 Å². The monoisotopic (exact) mass is 352 g/mol. The fraction of sp³-hybridized carbons (Fsp3) is 0.200. The van der Waals surface area contributed by atoms with Gasteiger partial charge in [-0.3, -0.25) is 0 Å². The lowest BCUT2D eigenvalue weighted by Gasteiger charge is -2.08. The molecule has 0 bridgehead atoms. The van der Waals surface area contributed by atoms with Crippen molar-refractivity contribution >= 4 is 28.1 Å². The highest BCUT2D eigenvalue weighted by atomic mass is 32.1. The number of rotatable bonds is 5. The number of hydrogen-bond acceptors (Lipinski definition) is 5. The second kappa shape index (κ2) is 7.49. The molecule has 0 fully saturated rings. The second-order valence-corrected chi connectivity index (χ2v) is 6.82. The predicted molar refractivity (Wildman–Crippen MR) is 102 cm³/mol. The standard InChI is InChI=1S/C20H20N2O2S/c1-13-7-9-16(10-8-13)21-20-22-17(12-25-20)11-24-19(23)18-6-4-5-14(2)15(18)3/h4-10,12H,11H2,1-3H3,(H,21,22). The first-order valence-corrected chi connectivity index (χ1v) is 8.92. The van der Waals surface area contributed by atoms with Crippen LogP contribution in [0.2, 0.25) is 0 Å². The van der Waals surface area contributed by atoms with Gasteiger partial charge in [-0.25, -0.2) is 9.78 Å². The van der Waals surface area contributed by atoms with Crippen molar-refractivity contribution < 1.29 is 9.53 Å². The Morgan fingerprint density at radius 1 is 1.12 bits per heavy atom. The van der Waals surface area contributed by atoms with Crippen LogP contribution in [-0.2, 0) is 11.3 Å². The van der Waals surface area contributed by atoms with Gasteiger partial charge in [-0.1, -0.05) is 29.8 Å². The molecule has 2 aromatic carbocycles. The molecule has 3 aromatic rings. The van der Waals surface area contributed by atoms with E-state index in [1.807, 2.05) is 55.6 Å². The number of carbonyl (C=O) groups excluding carboxylic acids is 1. The Kier molecular flexibility index (Phi) is 5.14. The van der Waals surface area contributed by atoms with E-state index in [1.54, 1.807) is 6.07 Å². The predicted octanol–water partition coefficient (Wildman–Crippen LogP) is 5.17. The maximum absolute atomic E-state index is 12.3. The SMILES string of the molecule is Cc1ccc(Nc2nc(COC(=O)c3cccc(C)c3C)cs2)cc1. The van der Waals surface area contributed by atoms with Gasteiger partial charge >= 0.3 is 5.97 Å². The van der Waals surface area contributed by atoms with Crippen LogP contribution < -0.4 is 5.32 Å². The third kappa shape index (κ3) is 4.25. The first-order valence-electron chi connectivity index (χ1n) is 8.04. The number of hydrogen-bond donors (Lipinski definition) is 1. The zero-order chi connectivity index (χ0) is 17.8. The quantitative estimate of drug-likeness (QED) is 0.644. The molecule has 0 aliphatic rings. The van der Waals surface area contributed by atoms with Crippen molar-refractivity contribution in [3.8, 4) is 0 Å². The molecule has 0 unspecified atom stereocenters. The highest BCUT2D eigenvalue weighted by molar-refractivity contribution is 7.13. The number of aromatic nitrogens is 1. The molecule has 0 radical (unpaired) electrons. The summed E-state index contributed by atoms with van der Waals surface area (Å²) in [6.07, 6.45) is 0. The van der Waals surface area contributed by atoms with E-state index in [9.17, 15) is 4.79 Å². The summed E-state index contributed by atoms with van der Waals surface area (Å²) in [6, 6.07) is 13.7. The van der Waals surface area contributed by atoms with Gasteiger partial charge in [-0.15, -0.1) is 11.3 Å². The Bertz CT molecular complexity index is 885. The van der Waals surface area contributed by atoms with Crippen LogP contribution in [0.4, 0.5) is 10.8 Å². The smallest absolute Gasteiger partial charge is 0.338 e. The van der Waals surface area contributed by atoms with Crippen molar-refractivity contribution in [2.75, 3.05) is 5.32 Å². The lowest BCUT2D eigenvalue weighted by atomic mass is 10.0. The lowest BCUT2D eigenvalue weighted by Crippen LogP contribution is -2.08. The normalized spacial score (nSPS) is 10.5. The summed E-state index contributed by atoms with van der Waals surface area (Å²) in [4.78, 5) is 16.7. The highest BCUT2D eigenvalue weighted by Gasteiger charge is 2.12. The van der Waals surface area contributed by atoms with Crippen molar-refractivity contribution in [1.29, 1.82) is 0 Å². The van der Waals surface area contributed by atoms with E-state index in [1.165, 1.54) is 16.9 Å². The molecule has 0 saturated carbocycles. The molecule has 0 aliphatic heterocycles. The Balaban J connectivity index is 1.61. The van der Waals surface area contributed by atoms with Gasteiger partial charge in [-0.2, -0.15) is 0 Å². The summed E-state index contributed by atoms with van der Waals surface area (Å²) < 4.78 is 5.41. The van der Waals surface area contributed by atoms with Crippen LogP contribution in [0.15, 0.2) is 47.8 Å². The summed E-state index contributed by atoms with van der Waals surface area (Å²) in [5.41, 5.74) is 5.56. The molecular weight excluding hydrogens is 332 g/mol. The van der Waals surface area contributed by atoms with E-state index in [4.69, 9.17) is 4.74 Å². The second-order valence-electron chi connectivity index (χ2n) is 5.96. The third-order valence-corrected chi connectivity index (χ3v) is 4.84. The number of benzene rings is 2. The Hall–Kier alpha value is -2.66. The number of anilines is 2. The topological polar surface area (TPSA) is 51.2 Å². The zero-order valence-electron chi connectivity index (χ0n) is 14.5. The van der Waals surface area contributed by atoms with Crippen molar-refractivity contribution in [3.63, 3.8) is 0 Å². The molecule has 0 atom stereocenters. The molecule has 1 heterocycles. The van der Waals surface area contributed by atoms with Crippen LogP contribution in [0.3, 0.4) is 0 Å². The molecule has 0 amide bonds. The number of nitrogens with zero attached hydrogens (tertiary/aromatic N) is 1. The first kappa shape index (κ1) is 17.2. The summed E-state index contributed by atoms with van der Waals surface area (Å²) in [5, 5.41) is 5.93. The summed E-state index contributed by atoms with van der Waals surface area (Å²) in [7, 11) is 0. The van der Waals surface area contributed by atoms with E-state index in [0.29, 0.717) is 5.56 Å². The van der Waals surface area contributed by atoms with Crippen LogP contribution in [0, 0.1) is 20.8 Å². The van der Waals surface area contributed by atoms with Crippen LogP contribution in [0.5, 0.6) is 0 Å². The minimum absolute atomic E-state index is 0.165. The van der Waals surface area contributed by atoms with Gasteiger partial charge in [0.15, 0.2) is 5.13 Å². The molecule has 0 aliphatic carbocycles. The maximum atomic E-state index is 12.3. The van der Waals surface area contributed by atoms with Gasteiger partial charge in [0.05, 0.1) is 11.3 Å². The van der Waals surface area contributed by atoms with Gasteiger partial charge in [0.1, 0.15) is 6.61 Å². The molecule has 3 rings (SSSR count). The third-order valence-electron chi connectivity index (χ3n) is 4.03. The summed E-state index contributed by atoms with van der Waals surface area (Å²) in [6.45, 7) is 6.13. The molecule has 25 heavy (non-hydrogen) atoms. The maximum Gasteiger partial charge on any atom is 0.338 e. The number of ether oxygens (including phenoxy) is 1. The fourth-order valence-electron chi connectivity index (χ4n) is 2.38. The van der Waals surface area contributed by atoms with Crippen molar-refractivity contribution in [2.24, 2.45) is 0 Å². The average Bonchev–Trinajstić information content (AvgIpc) is 3.05. The molecule has 5 heteroatoms. The molecule has 4 nitrogen and oxygen atoms in total. The van der Waals surface area contributed by atoms with Gasteiger partial charge in [-0.05, 0) is 50.1 Å². The van der Waals surface area contributed by atoms with Crippen LogP contribution in [-0.4, -0.2) is 11.0 Å². The fourth-order valence-corrected chi connectivity index (χ4v) is 3.10. The van der Waals surface area contributed by atoms with Gasteiger partial charge < -0.3 is 10.1 Å². The van der Waals surface area contributed by atoms with Crippen LogP contribution >= 0.6 is 11.3 Å². The molecule has 128 valence electrons. The largest absolute Gasteiger partial charge is 0.456 e. The molecule has 1 N–H and O–H groups in total. The highest BCUT2D eigenvalue weighted by Crippen LogP contribution is 2.22. The summed E-state index contributed by atoms with van der Waals surface area (Å²) >= 11 is 1.49. The van der Waals surface area contributed by atoms with E-state index in [2.05, 4.69) is 17.2 Å². The molecular formula is C20H20N2O2S. The minimum atomic E-state index is -0.317. The van der Waals surface area contributed by atoms with Crippen molar-refractivity contribution in [1.82, 2.24) is 4.98 Å². The van der Waals surface area contributed by atoms with Gasteiger partial charge in [0, 0.05) is 11.1 Å². The van der Waals surface area contributed by atoms with Crippen LogP contribution in [0.25, 0.3) is 0 Å². The minimum Gasteiger partial charge on any atom is -0.456 e. The Morgan fingerprint density at radius 3 is 2.64 bits per heavy atom. The number of aryl methyl sites for hydroxylation is 2. The lowest BCUT2D eigenvalue weighted by molar-refractivity contribution is 0.0467. The molecule has 1 aromatic heterocycles. The zero-order valence-corrected chi connectivity index (χ0v) is 15.3. The van der Waals surface area contributed by atoms with E-state index >= 15 is 0 Å². The van der Waals surface area contributed by atoms with E-state index < -0.39 is 0 Å². The number of esters is 1. The van der Waals surface area contributed by atoms with Crippen molar-refractivity contribution in [3.05, 3.63) is 75.8 Å². The first-order chi connectivity index (χ1) is 12.0. The van der Waals surface area contributed by atoms with E-state index in [-0.39, 0.29) is 12.6 Å².